The lowest BCUT2D eigenvalue weighted by atomic mass is 9.87. The molecule has 2 rings (SSSR count). The summed E-state index contributed by atoms with van der Waals surface area (Å²) in [4.78, 5) is 11.8. The topological polar surface area (TPSA) is 38.3 Å². The number of hydrogen-bond donors (Lipinski definition) is 1. The first kappa shape index (κ1) is 13.9. The highest BCUT2D eigenvalue weighted by Crippen LogP contribution is 2.25. The van der Waals surface area contributed by atoms with E-state index in [1.54, 1.807) is 0 Å². The van der Waals surface area contributed by atoms with Crippen molar-refractivity contribution in [3.05, 3.63) is 29.8 Å². The summed E-state index contributed by atoms with van der Waals surface area (Å²) in [6.45, 7) is 7.31. The molecule has 1 N–H and O–H groups in total. The number of ether oxygens (including phenoxy) is 1. The average molecular weight is 261 g/mol. The van der Waals surface area contributed by atoms with E-state index in [1.165, 1.54) is 5.56 Å². The van der Waals surface area contributed by atoms with E-state index in [2.05, 4.69) is 38.2 Å². The van der Waals surface area contributed by atoms with E-state index < -0.39 is 0 Å². The number of carbonyl (C=O) groups excluding carboxylic acids is 1. The van der Waals surface area contributed by atoms with Crippen molar-refractivity contribution in [2.24, 2.45) is 0 Å². The van der Waals surface area contributed by atoms with Crippen LogP contribution < -0.4 is 10.1 Å². The van der Waals surface area contributed by atoms with E-state index in [4.69, 9.17) is 4.74 Å². The maximum Gasteiger partial charge on any atom is 0.261 e. The fraction of sp³-hybridized carbons (Fsp3) is 0.562. The van der Waals surface area contributed by atoms with Gasteiger partial charge in [-0.15, -0.1) is 0 Å². The molecule has 0 bridgehead atoms. The standard InChI is InChI=1S/C16H23NO2/c1-16(2,3)12-7-9-13(10-8-12)19-14-6-4-5-11-17-15(14)18/h7-10,14H,4-6,11H2,1-3H3,(H,17,18). The van der Waals surface area contributed by atoms with Gasteiger partial charge in [0.2, 0.25) is 0 Å². The lowest BCUT2D eigenvalue weighted by Crippen LogP contribution is -2.36. The van der Waals surface area contributed by atoms with E-state index >= 15 is 0 Å². The third kappa shape index (κ3) is 3.72. The molecule has 1 amide bonds. The van der Waals surface area contributed by atoms with Crippen molar-refractivity contribution < 1.29 is 9.53 Å². The fourth-order valence-corrected chi connectivity index (χ4v) is 2.22. The molecule has 0 spiro atoms. The molecule has 1 atom stereocenters. The van der Waals surface area contributed by atoms with Gasteiger partial charge in [0.05, 0.1) is 0 Å². The van der Waals surface area contributed by atoms with Crippen molar-refractivity contribution >= 4 is 5.91 Å². The Morgan fingerprint density at radius 2 is 1.84 bits per heavy atom. The summed E-state index contributed by atoms with van der Waals surface area (Å²) in [6, 6.07) is 8.06. The molecule has 1 aliphatic heterocycles. The van der Waals surface area contributed by atoms with Crippen LogP contribution in [0.1, 0.15) is 45.6 Å². The third-order valence-corrected chi connectivity index (χ3v) is 3.48. The van der Waals surface area contributed by atoms with Crippen LogP contribution in [0.3, 0.4) is 0 Å². The van der Waals surface area contributed by atoms with E-state index in [0.717, 1.165) is 31.6 Å². The van der Waals surface area contributed by atoms with Gasteiger partial charge in [0.25, 0.3) is 5.91 Å². The number of nitrogens with one attached hydrogen (secondary N) is 1. The second-order valence-electron chi connectivity index (χ2n) is 6.17. The van der Waals surface area contributed by atoms with E-state index in [1.807, 2.05) is 12.1 Å². The summed E-state index contributed by atoms with van der Waals surface area (Å²) in [5.74, 6) is 0.785. The van der Waals surface area contributed by atoms with E-state index in [0.29, 0.717) is 0 Å². The molecular weight excluding hydrogens is 238 g/mol. The zero-order valence-corrected chi connectivity index (χ0v) is 12.0. The molecule has 3 heteroatoms. The van der Waals surface area contributed by atoms with Crippen LogP contribution in [0.2, 0.25) is 0 Å². The second kappa shape index (κ2) is 5.64. The van der Waals surface area contributed by atoms with Gasteiger partial charge in [0.15, 0.2) is 6.10 Å². The first-order chi connectivity index (χ1) is 8.97. The molecule has 1 saturated heterocycles. The fourth-order valence-electron chi connectivity index (χ4n) is 2.22. The van der Waals surface area contributed by atoms with Crippen molar-refractivity contribution in [1.29, 1.82) is 0 Å². The van der Waals surface area contributed by atoms with Gasteiger partial charge in [-0.25, -0.2) is 0 Å². The van der Waals surface area contributed by atoms with Crippen molar-refractivity contribution in [3.63, 3.8) is 0 Å². The Morgan fingerprint density at radius 3 is 2.47 bits per heavy atom. The largest absolute Gasteiger partial charge is 0.481 e. The van der Waals surface area contributed by atoms with Gasteiger partial charge in [-0.05, 0) is 42.4 Å². The number of benzene rings is 1. The molecular formula is C16H23NO2. The molecule has 104 valence electrons. The Hall–Kier alpha value is -1.51. The summed E-state index contributed by atoms with van der Waals surface area (Å²) < 4.78 is 5.80. The van der Waals surface area contributed by atoms with Gasteiger partial charge in [0, 0.05) is 6.54 Å². The molecule has 1 aromatic rings. The van der Waals surface area contributed by atoms with E-state index in [9.17, 15) is 4.79 Å². The minimum absolute atomic E-state index is 0.0115. The molecule has 0 aromatic heterocycles. The van der Waals surface area contributed by atoms with E-state index in [-0.39, 0.29) is 17.4 Å². The Bertz CT molecular complexity index is 431. The minimum atomic E-state index is -0.344. The summed E-state index contributed by atoms with van der Waals surface area (Å²) in [5.41, 5.74) is 1.41. The van der Waals surface area contributed by atoms with Crippen molar-refractivity contribution in [1.82, 2.24) is 5.32 Å². The highest BCUT2D eigenvalue weighted by atomic mass is 16.5. The summed E-state index contributed by atoms with van der Waals surface area (Å²) in [5, 5.41) is 2.89. The molecule has 1 aliphatic rings. The Balaban J connectivity index is 2.04. The molecule has 19 heavy (non-hydrogen) atoms. The number of amides is 1. The predicted octanol–water partition coefficient (Wildman–Crippen LogP) is 3.03. The molecule has 0 saturated carbocycles. The highest BCUT2D eigenvalue weighted by molar-refractivity contribution is 5.81. The zero-order chi connectivity index (χ0) is 13.9. The maximum atomic E-state index is 11.8. The molecule has 3 nitrogen and oxygen atoms in total. The molecule has 1 unspecified atom stereocenters. The number of carbonyl (C=O) groups is 1. The summed E-state index contributed by atoms with van der Waals surface area (Å²) in [7, 11) is 0. The number of rotatable bonds is 2. The van der Waals surface area contributed by atoms with Crippen molar-refractivity contribution in [2.45, 2.75) is 51.6 Å². The Kier molecular flexibility index (Phi) is 4.13. The normalized spacial score (nSPS) is 20.6. The molecule has 1 fully saturated rings. The smallest absolute Gasteiger partial charge is 0.261 e. The van der Waals surface area contributed by atoms with Crippen LogP contribution >= 0.6 is 0 Å². The predicted molar refractivity (Wildman–Crippen MR) is 76.4 cm³/mol. The maximum absolute atomic E-state index is 11.8. The van der Waals surface area contributed by atoms with Gasteiger partial charge < -0.3 is 10.1 Å². The average Bonchev–Trinajstić information content (AvgIpc) is 2.55. The Morgan fingerprint density at radius 1 is 1.16 bits per heavy atom. The highest BCUT2D eigenvalue weighted by Gasteiger charge is 2.22. The van der Waals surface area contributed by atoms with Gasteiger partial charge >= 0.3 is 0 Å². The summed E-state index contributed by atoms with van der Waals surface area (Å²) >= 11 is 0. The van der Waals surface area contributed by atoms with Crippen molar-refractivity contribution in [2.75, 3.05) is 6.54 Å². The summed E-state index contributed by atoms with van der Waals surface area (Å²) in [6.07, 6.45) is 2.52. The van der Waals surface area contributed by atoms with Crippen LogP contribution in [-0.4, -0.2) is 18.6 Å². The minimum Gasteiger partial charge on any atom is -0.481 e. The second-order valence-corrected chi connectivity index (χ2v) is 6.17. The van der Waals surface area contributed by atoms with Gasteiger partial charge in [-0.3, -0.25) is 4.79 Å². The first-order valence-corrected chi connectivity index (χ1v) is 7.02. The third-order valence-electron chi connectivity index (χ3n) is 3.48. The van der Waals surface area contributed by atoms with Gasteiger partial charge in [-0.1, -0.05) is 32.9 Å². The first-order valence-electron chi connectivity index (χ1n) is 7.02. The molecule has 1 heterocycles. The lowest BCUT2D eigenvalue weighted by molar-refractivity contribution is -0.127. The molecule has 1 aromatic carbocycles. The monoisotopic (exact) mass is 261 g/mol. The quantitative estimate of drug-likeness (QED) is 0.888. The van der Waals surface area contributed by atoms with Crippen molar-refractivity contribution in [3.8, 4) is 5.75 Å². The zero-order valence-electron chi connectivity index (χ0n) is 12.0. The van der Waals surface area contributed by atoms with Crippen LogP contribution in [0, 0.1) is 0 Å². The Labute approximate surface area is 115 Å². The number of hydrogen-bond acceptors (Lipinski definition) is 2. The van der Waals surface area contributed by atoms with Crippen LogP contribution in [-0.2, 0) is 10.2 Å². The SMILES string of the molecule is CC(C)(C)c1ccc(OC2CCCCNC2=O)cc1. The van der Waals surface area contributed by atoms with Crippen LogP contribution in [0.15, 0.2) is 24.3 Å². The molecule has 0 aliphatic carbocycles. The molecule has 0 radical (unpaired) electrons. The van der Waals surface area contributed by atoms with Crippen LogP contribution in [0.5, 0.6) is 5.75 Å². The van der Waals surface area contributed by atoms with Crippen LogP contribution in [0.4, 0.5) is 0 Å². The van der Waals surface area contributed by atoms with Gasteiger partial charge in [0.1, 0.15) is 5.75 Å². The van der Waals surface area contributed by atoms with Crippen LogP contribution in [0.25, 0.3) is 0 Å². The van der Waals surface area contributed by atoms with Gasteiger partial charge in [-0.2, -0.15) is 0 Å². The lowest BCUT2D eigenvalue weighted by Gasteiger charge is -2.20.